The molecule has 0 bridgehead atoms. The summed E-state index contributed by atoms with van der Waals surface area (Å²) in [6, 6.07) is 10.4. The van der Waals surface area contributed by atoms with Gasteiger partial charge in [0.15, 0.2) is 5.78 Å². The van der Waals surface area contributed by atoms with Gasteiger partial charge in [0.1, 0.15) is 0 Å². The number of rotatable bonds is 1. The van der Waals surface area contributed by atoms with Crippen LogP contribution in [0.2, 0.25) is 0 Å². The summed E-state index contributed by atoms with van der Waals surface area (Å²) in [6.45, 7) is 4.80. The van der Waals surface area contributed by atoms with Gasteiger partial charge in [-0.1, -0.05) is 49.8 Å². The summed E-state index contributed by atoms with van der Waals surface area (Å²) in [7, 11) is 0. The zero-order chi connectivity index (χ0) is 18.9. The van der Waals surface area contributed by atoms with Crippen molar-refractivity contribution in [3.63, 3.8) is 0 Å². The molecular weight excluding hydrogens is 332 g/mol. The maximum atomic E-state index is 12.0. The number of carbonyl (C=O) groups excluding carboxylic acids is 1. The van der Waals surface area contributed by atoms with Gasteiger partial charge in [0, 0.05) is 11.8 Å². The molecule has 6 atom stereocenters. The van der Waals surface area contributed by atoms with E-state index in [1.54, 1.807) is 0 Å². The minimum Gasteiger partial charge on any atom is -0.385 e. The molecule has 0 aromatic heterocycles. The molecule has 1 N–H and O–H groups in total. The van der Waals surface area contributed by atoms with Crippen molar-refractivity contribution in [2.45, 2.75) is 70.8 Å². The summed E-state index contributed by atoms with van der Waals surface area (Å²) < 4.78 is 0. The summed E-state index contributed by atoms with van der Waals surface area (Å²) in [6.07, 6.45) is 10.3. The third-order valence-corrected chi connectivity index (χ3v) is 9.36. The van der Waals surface area contributed by atoms with Crippen LogP contribution in [0.25, 0.3) is 0 Å². The van der Waals surface area contributed by atoms with Gasteiger partial charge in [-0.15, -0.1) is 0 Å². The van der Waals surface area contributed by atoms with Crippen LogP contribution in [0.4, 0.5) is 0 Å². The first-order chi connectivity index (χ1) is 12.9. The van der Waals surface area contributed by atoms with Crippen LogP contribution in [-0.2, 0) is 10.4 Å². The zero-order valence-electron chi connectivity index (χ0n) is 16.7. The molecule has 0 heterocycles. The quantitative estimate of drug-likeness (QED) is 0.724. The molecule has 27 heavy (non-hydrogen) atoms. The number of ketones is 1. The molecule has 0 saturated heterocycles. The highest BCUT2D eigenvalue weighted by atomic mass is 16.3. The molecule has 1 aromatic rings. The molecule has 0 aliphatic heterocycles. The van der Waals surface area contributed by atoms with E-state index in [1.165, 1.54) is 18.4 Å². The van der Waals surface area contributed by atoms with Crippen LogP contribution in [0, 0.1) is 28.6 Å². The van der Waals surface area contributed by atoms with Crippen LogP contribution in [0.5, 0.6) is 0 Å². The number of hydrogen-bond acceptors (Lipinski definition) is 2. The van der Waals surface area contributed by atoms with Crippen LogP contribution in [0.3, 0.4) is 0 Å². The zero-order valence-corrected chi connectivity index (χ0v) is 16.7. The Morgan fingerprint density at radius 3 is 2.44 bits per heavy atom. The first kappa shape index (κ1) is 17.7. The third kappa shape index (κ3) is 2.26. The lowest BCUT2D eigenvalue weighted by Crippen LogP contribution is -2.53. The van der Waals surface area contributed by atoms with Gasteiger partial charge in [-0.2, -0.15) is 0 Å². The lowest BCUT2D eigenvalue weighted by atomic mass is 9.46. The monoisotopic (exact) mass is 364 g/mol. The Kier molecular flexibility index (Phi) is 3.79. The maximum Gasteiger partial charge on any atom is 0.155 e. The number of hydrogen-bond donors (Lipinski definition) is 1. The summed E-state index contributed by atoms with van der Waals surface area (Å²) in [4.78, 5) is 12.0. The number of aliphatic hydroxyl groups is 1. The van der Waals surface area contributed by atoms with Crippen LogP contribution >= 0.6 is 0 Å². The molecule has 0 amide bonds. The second kappa shape index (κ2) is 5.80. The van der Waals surface area contributed by atoms with Crippen LogP contribution in [0.15, 0.2) is 42.0 Å². The molecule has 3 saturated carbocycles. The van der Waals surface area contributed by atoms with E-state index in [0.29, 0.717) is 23.5 Å². The number of carbonyl (C=O) groups is 1. The van der Waals surface area contributed by atoms with E-state index in [2.05, 4.69) is 38.1 Å². The van der Waals surface area contributed by atoms with E-state index >= 15 is 0 Å². The Bertz CT molecular complexity index is 796. The van der Waals surface area contributed by atoms with E-state index in [0.717, 1.165) is 44.1 Å². The Morgan fingerprint density at radius 2 is 1.67 bits per heavy atom. The minimum absolute atomic E-state index is 0.0302. The summed E-state index contributed by atoms with van der Waals surface area (Å²) in [5.41, 5.74) is 2.03. The van der Waals surface area contributed by atoms with Gasteiger partial charge in [-0.3, -0.25) is 4.79 Å². The molecule has 4 aliphatic carbocycles. The van der Waals surface area contributed by atoms with E-state index in [4.69, 9.17) is 0 Å². The van der Waals surface area contributed by atoms with Crippen molar-refractivity contribution in [3.05, 3.63) is 47.5 Å². The molecule has 4 aliphatic rings. The minimum atomic E-state index is -0.691. The van der Waals surface area contributed by atoms with E-state index in [9.17, 15) is 9.90 Å². The Hall–Kier alpha value is -1.41. The molecule has 6 unspecified atom stereocenters. The average molecular weight is 365 g/mol. The normalized spacial score (nSPS) is 46.3. The molecule has 3 fully saturated rings. The van der Waals surface area contributed by atoms with E-state index in [-0.39, 0.29) is 10.8 Å². The number of fused-ring (bicyclic) bond motifs is 5. The fourth-order valence-electron chi connectivity index (χ4n) is 7.76. The van der Waals surface area contributed by atoms with Gasteiger partial charge in [-0.05, 0) is 79.8 Å². The molecular formula is C25H32O2. The summed E-state index contributed by atoms with van der Waals surface area (Å²) in [5.74, 6) is 2.30. The van der Waals surface area contributed by atoms with Crippen molar-refractivity contribution in [2.75, 3.05) is 0 Å². The fraction of sp³-hybridized carbons (Fsp3) is 0.640. The molecule has 0 spiro atoms. The average Bonchev–Trinajstić information content (AvgIpc) is 2.95. The van der Waals surface area contributed by atoms with Crippen molar-refractivity contribution in [1.82, 2.24) is 0 Å². The van der Waals surface area contributed by atoms with E-state index < -0.39 is 5.60 Å². The van der Waals surface area contributed by atoms with Crippen molar-refractivity contribution in [3.8, 4) is 0 Å². The summed E-state index contributed by atoms with van der Waals surface area (Å²) in [5, 5.41) is 11.9. The lowest BCUT2D eigenvalue weighted by molar-refractivity contribution is -0.133. The van der Waals surface area contributed by atoms with Crippen molar-refractivity contribution in [1.29, 1.82) is 0 Å². The van der Waals surface area contributed by atoms with Gasteiger partial charge in [0.05, 0.1) is 5.60 Å². The molecule has 2 heteroatoms. The summed E-state index contributed by atoms with van der Waals surface area (Å²) >= 11 is 0. The van der Waals surface area contributed by atoms with Crippen LogP contribution in [-0.4, -0.2) is 10.9 Å². The van der Waals surface area contributed by atoms with Gasteiger partial charge in [0.25, 0.3) is 0 Å². The van der Waals surface area contributed by atoms with Gasteiger partial charge in [0.2, 0.25) is 0 Å². The van der Waals surface area contributed by atoms with Crippen LogP contribution in [0.1, 0.15) is 70.8 Å². The molecule has 144 valence electrons. The molecule has 1 aromatic carbocycles. The smallest absolute Gasteiger partial charge is 0.155 e. The Morgan fingerprint density at radius 1 is 0.926 bits per heavy atom. The van der Waals surface area contributed by atoms with Gasteiger partial charge in [-0.25, -0.2) is 0 Å². The number of benzene rings is 1. The lowest BCUT2D eigenvalue weighted by Gasteiger charge is -2.59. The highest BCUT2D eigenvalue weighted by molar-refractivity contribution is 5.91. The molecule has 0 radical (unpaired) electrons. The van der Waals surface area contributed by atoms with E-state index in [1.807, 2.05) is 12.1 Å². The molecule has 2 nitrogen and oxygen atoms in total. The largest absolute Gasteiger partial charge is 0.385 e. The topological polar surface area (TPSA) is 37.3 Å². The highest BCUT2D eigenvalue weighted by Crippen LogP contribution is 2.69. The van der Waals surface area contributed by atoms with Crippen molar-refractivity contribution >= 4 is 5.78 Å². The second-order valence-electron chi connectivity index (χ2n) is 10.2. The van der Waals surface area contributed by atoms with Crippen LogP contribution < -0.4 is 0 Å². The Balaban J connectivity index is 1.51. The van der Waals surface area contributed by atoms with Gasteiger partial charge < -0.3 is 5.11 Å². The maximum absolute atomic E-state index is 12.0. The number of allylic oxidation sites excluding steroid dienone is 1. The first-order valence-electron chi connectivity index (χ1n) is 10.9. The van der Waals surface area contributed by atoms with Crippen molar-refractivity contribution in [2.24, 2.45) is 28.6 Å². The Labute approximate surface area is 163 Å². The standard InChI is InChI=1S/C25H32O2/c1-23-13-10-19(26)16-18(23)8-9-20-21(23)11-14-24(2)22(20)12-15-25(24,27)17-6-4-3-5-7-17/h3-7,16,20-22,27H,8-15H2,1-2H3. The predicted molar refractivity (Wildman–Crippen MR) is 107 cm³/mol. The predicted octanol–water partition coefficient (Wildman–Crippen LogP) is 5.41. The third-order valence-electron chi connectivity index (χ3n) is 9.36. The van der Waals surface area contributed by atoms with Gasteiger partial charge >= 0.3 is 0 Å². The second-order valence-corrected chi connectivity index (χ2v) is 10.2. The van der Waals surface area contributed by atoms with Crippen molar-refractivity contribution < 1.29 is 9.90 Å². The first-order valence-corrected chi connectivity index (χ1v) is 10.9. The highest BCUT2D eigenvalue weighted by Gasteiger charge is 2.64. The fourth-order valence-corrected chi connectivity index (χ4v) is 7.76. The SMILES string of the molecule is CC12CCC(=O)C=C1CCC1C2CCC2(C)C1CCC2(O)c1ccccc1. The molecule has 5 rings (SSSR count).